The van der Waals surface area contributed by atoms with E-state index >= 15 is 0 Å². The Hall–Kier alpha value is -3.08. The predicted octanol–water partition coefficient (Wildman–Crippen LogP) is 4.47. The Bertz CT molecular complexity index is 1080. The van der Waals surface area contributed by atoms with E-state index in [4.69, 9.17) is 4.74 Å². The van der Waals surface area contributed by atoms with Gasteiger partial charge in [0.25, 0.3) is 5.91 Å². The molecule has 1 saturated heterocycles. The number of piperidine rings is 1. The van der Waals surface area contributed by atoms with Crippen LogP contribution in [-0.4, -0.2) is 41.0 Å². The van der Waals surface area contributed by atoms with E-state index in [-0.39, 0.29) is 11.9 Å². The predicted molar refractivity (Wildman–Crippen MR) is 118 cm³/mol. The Balaban J connectivity index is 1.69. The van der Waals surface area contributed by atoms with Gasteiger partial charge in [-0.2, -0.15) is 0 Å². The van der Waals surface area contributed by atoms with Crippen LogP contribution in [-0.2, 0) is 16.1 Å². The van der Waals surface area contributed by atoms with Crippen LogP contribution in [0, 0.1) is 13.8 Å². The minimum absolute atomic E-state index is 0.0973. The van der Waals surface area contributed by atoms with Crippen molar-refractivity contribution in [2.75, 3.05) is 13.7 Å². The molecule has 30 heavy (non-hydrogen) atoms. The van der Waals surface area contributed by atoms with E-state index in [9.17, 15) is 9.59 Å². The van der Waals surface area contributed by atoms with Crippen LogP contribution in [0.5, 0.6) is 0 Å². The fraction of sp³-hybridized carbons (Fsp3) is 0.360. The molecule has 5 nitrogen and oxygen atoms in total. The number of fused-ring (bicyclic) bond motifs is 1. The van der Waals surface area contributed by atoms with Crippen molar-refractivity contribution in [1.82, 2.24) is 9.47 Å². The van der Waals surface area contributed by atoms with Crippen LogP contribution < -0.4 is 0 Å². The summed E-state index contributed by atoms with van der Waals surface area (Å²) >= 11 is 0. The van der Waals surface area contributed by atoms with E-state index in [1.54, 1.807) is 4.90 Å². The average molecular weight is 405 g/mol. The second kappa shape index (κ2) is 8.34. The average Bonchev–Trinajstić information content (AvgIpc) is 3.03. The molecule has 3 aromatic rings. The van der Waals surface area contributed by atoms with Gasteiger partial charge in [0.2, 0.25) is 0 Å². The topological polar surface area (TPSA) is 51.5 Å². The Kier molecular flexibility index (Phi) is 5.62. The third-order valence-corrected chi connectivity index (χ3v) is 6.31. The summed E-state index contributed by atoms with van der Waals surface area (Å²) in [5, 5.41) is 1.08. The number of aromatic nitrogens is 1. The summed E-state index contributed by atoms with van der Waals surface area (Å²) in [5.41, 5.74) is 5.36. The van der Waals surface area contributed by atoms with E-state index in [1.807, 2.05) is 24.3 Å². The second-order valence-corrected chi connectivity index (χ2v) is 8.05. The molecular formula is C25H28N2O3. The molecule has 4 rings (SSSR count). The Morgan fingerprint density at radius 3 is 2.57 bits per heavy atom. The Morgan fingerprint density at radius 2 is 1.83 bits per heavy atom. The van der Waals surface area contributed by atoms with Crippen LogP contribution in [0.1, 0.15) is 46.4 Å². The number of ether oxygens (including phenoxy) is 1. The third-order valence-electron chi connectivity index (χ3n) is 6.31. The summed E-state index contributed by atoms with van der Waals surface area (Å²) in [5.74, 6) is -0.426. The first kappa shape index (κ1) is 20.2. The molecule has 5 heteroatoms. The molecule has 0 N–H and O–H groups in total. The quantitative estimate of drug-likeness (QED) is 0.603. The molecule has 2 aromatic carbocycles. The minimum Gasteiger partial charge on any atom is -0.467 e. The van der Waals surface area contributed by atoms with Gasteiger partial charge in [-0.3, -0.25) is 4.79 Å². The summed E-state index contributed by atoms with van der Waals surface area (Å²) < 4.78 is 7.23. The highest BCUT2D eigenvalue weighted by atomic mass is 16.5. The Morgan fingerprint density at radius 1 is 1.07 bits per heavy atom. The van der Waals surface area contributed by atoms with Gasteiger partial charge in [-0.05, 0) is 62.4 Å². The number of amides is 1. The fourth-order valence-corrected chi connectivity index (χ4v) is 4.47. The molecule has 1 aliphatic rings. The normalized spacial score (nSPS) is 16.6. The molecule has 0 saturated carbocycles. The first-order valence-electron chi connectivity index (χ1n) is 10.5. The highest BCUT2D eigenvalue weighted by Gasteiger charge is 2.33. The number of hydrogen-bond acceptors (Lipinski definition) is 3. The minimum atomic E-state index is -0.488. The molecule has 1 fully saturated rings. The lowest BCUT2D eigenvalue weighted by atomic mass is 10.00. The number of rotatable bonds is 4. The summed E-state index contributed by atoms with van der Waals surface area (Å²) in [6.45, 7) is 5.60. The first-order chi connectivity index (χ1) is 14.5. The lowest BCUT2D eigenvalue weighted by Crippen LogP contribution is -2.48. The van der Waals surface area contributed by atoms with Gasteiger partial charge in [0, 0.05) is 35.2 Å². The highest BCUT2D eigenvalue weighted by Crippen LogP contribution is 2.29. The van der Waals surface area contributed by atoms with Crippen LogP contribution in [0.4, 0.5) is 0 Å². The lowest BCUT2D eigenvalue weighted by Gasteiger charge is -2.33. The first-order valence-corrected chi connectivity index (χ1v) is 10.5. The number of benzene rings is 2. The van der Waals surface area contributed by atoms with Gasteiger partial charge >= 0.3 is 5.97 Å². The van der Waals surface area contributed by atoms with Gasteiger partial charge < -0.3 is 14.2 Å². The van der Waals surface area contributed by atoms with Gasteiger partial charge in [0.15, 0.2) is 0 Å². The largest absolute Gasteiger partial charge is 0.467 e. The monoisotopic (exact) mass is 404 g/mol. The van der Waals surface area contributed by atoms with E-state index < -0.39 is 6.04 Å². The summed E-state index contributed by atoms with van der Waals surface area (Å²) in [6.07, 6.45) is 2.50. The van der Waals surface area contributed by atoms with Crippen molar-refractivity contribution in [1.29, 1.82) is 0 Å². The zero-order valence-corrected chi connectivity index (χ0v) is 17.9. The number of likely N-dealkylation sites (tertiary alicyclic amines) is 1. The molecule has 1 aliphatic heterocycles. The van der Waals surface area contributed by atoms with Crippen molar-refractivity contribution in [3.8, 4) is 0 Å². The number of aryl methyl sites for hydroxylation is 1. The van der Waals surface area contributed by atoms with Gasteiger partial charge in [0.05, 0.1) is 7.11 Å². The van der Waals surface area contributed by atoms with Crippen LogP contribution in [0.25, 0.3) is 10.9 Å². The van der Waals surface area contributed by atoms with Crippen molar-refractivity contribution in [3.63, 3.8) is 0 Å². The Labute approximate surface area is 177 Å². The van der Waals surface area contributed by atoms with Crippen molar-refractivity contribution in [2.24, 2.45) is 0 Å². The van der Waals surface area contributed by atoms with Crippen molar-refractivity contribution >= 4 is 22.8 Å². The summed E-state index contributed by atoms with van der Waals surface area (Å²) in [7, 11) is 1.38. The molecule has 1 aromatic heterocycles. The molecule has 2 heterocycles. The standard InChI is InChI=1S/C25H28N2O3/c1-17-18(2)27(16-19-9-5-4-6-10-19)22-13-12-20(15-21(17)22)24(28)26-14-8-7-11-23(26)25(29)30-3/h4-6,9-10,12-13,15,23H,7-8,11,14,16H2,1-3H3/t23-/m1/s1. The fourth-order valence-electron chi connectivity index (χ4n) is 4.47. The van der Waals surface area contributed by atoms with E-state index in [2.05, 4.69) is 42.7 Å². The molecular weight excluding hydrogens is 376 g/mol. The third kappa shape index (κ3) is 3.60. The summed E-state index contributed by atoms with van der Waals surface area (Å²) in [4.78, 5) is 27.1. The number of methoxy groups -OCH3 is 1. The number of hydrogen-bond donors (Lipinski definition) is 0. The maximum atomic E-state index is 13.3. The maximum Gasteiger partial charge on any atom is 0.328 e. The van der Waals surface area contributed by atoms with Gasteiger partial charge in [-0.25, -0.2) is 4.79 Å². The van der Waals surface area contributed by atoms with Crippen LogP contribution >= 0.6 is 0 Å². The van der Waals surface area contributed by atoms with Crippen molar-refractivity contribution in [2.45, 2.75) is 45.7 Å². The maximum absolute atomic E-state index is 13.3. The number of nitrogens with zero attached hydrogens (tertiary/aromatic N) is 2. The van der Waals surface area contributed by atoms with Crippen molar-refractivity contribution < 1.29 is 14.3 Å². The zero-order valence-electron chi connectivity index (χ0n) is 17.9. The smallest absolute Gasteiger partial charge is 0.328 e. The molecule has 0 radical (unpaired) electrons. The SMILES string of the molecule is COC(=O)[C@H]1CCCCN1C(=O)c1ccc2c(c1)c(C)c(C)n2Cc1ccccc1. The molecule has 0 spiro atoms. The zero-order chi connectivity index (χ0) is 21.3. The van der Waals surface area contributed by atoms with Crippen LogP contribution in [0.3, 0.4) is 0 Å². The van der Waals surface area contributed by atoms with Gasteiger partial charge in [-0.1, -0.05) is 30.3 Å². The molecule has 0 bridgehead atoms. The van der Waals surface area contributed by atoms with Crippen molar-refractivity contribution in [3.05, 3.63) is 70.9 Å². The molecule has 1 atom stereocenters. The van der Waals surface area contributed by atoms with E-state index in [0.29, 0.717) is 18.5 Å². The second-order valence-electron chi connectivity index (χ2n) is 8.05. The molecule has 0 aliphatic carbocycles. The van der Waals surface area contributed by atoms with Crippen LogP contribution in [0.15, 0.2) is 48.5 Å². The molecule has 1 amide bonds. The van der Waals surface area contributed by atoms with Gasteiger partial charge in [-0.15, -0.1) is 0 Å². The molecule has 156 valence electrons. The van der Waals surface area contributed by atoms with Crippen LogP contribution in [0.2, 0.25) is 0 Å². The molecule has 0 unspecified atom stereocenters. The number of carbonyl (C=O) groups excluding carboxylic acids is 2. The van der Waals surface area contributed by atoms with E-state index in [1.165, 1.54) is 23.9 Å². The number of carbonyl (C=O) groups is 2. The van der Waals surface area contributed by atoms with Gasteiger partial charge in [0.1, 0.15) is 6.04 Å². The number of esters is 1. The van der Waals surface area contributed by atoms with E-state index in [0.717, 1.165) is 30.3 Å². The summed E-state index contributed by atoms with van der Waals surface area (Å²) in [6, 6.07) is 15.8. The highest BCUT2D eigenvalue weighted by molar-refractivity contribution is 6.01. The lowest BCUT2D eigenvalue weighted by molar-refractivity contribution is -0.147.